The van der Waals surface area contributed by atoms with Crippen molar-refractivity contribution in [2.45, 2.75) is 46.5 Å². The van der Waals surface area contributed by atoms with Gasteiger partial charge in [0.05, 0.1) is 0 Å². The highest BCUT2D eigenvalue weighted by Gasteiger charge is 2.12. The van der Waals surface area contributed by atoms with E-state index in [1.807, 2.05) is 0 Å². The van der Waals surface area contributed by atoms with Crippen molar-refractivity contribution < 1.29 is 9.90 Å². The average Bonchev–Trinajstić information content (AvgIpc) is 2.02. The van der Waals surface area contributed by atoms with Crippen LogP contribution in [-0.4, -0.2) is 17.5 Å². The van der Waals surface area contributed by atoms with Crippen LogP contribution in [0.2, 0.25) is 0 Å². The lowest BCUT2D eigenvalue weighted by atomic mass is 9.93. The fourth-order valence-corrected chi connectivity index (χ4v) is 1.48. The minimum atomic E-state index is 0.0868. The van der Waals surface area contributed by atoms with Gasteiger partial charge in [-0.1, -0.05) is 26.7 Å². The highest BCUT2D eigenvalue weighted by atomic mass is 16.3. The number of carbonyl (C=O) groups is 1. The normalized spacial score (nSPS) is 13.3. The molecule has 1 atom stereocenters. The van der Waals surface area contributed by atoms with Gasteiger partial charge < -0.3 is 5.11 Å². The maximum atomic E-state index is 11.1. The molecule has 0 aliphatic heterocycles. The number of aliphatic hydroxyl groups excluding tert-OH is 1. The van der Waals surface area contributed by atoms with Crippen LogP contribution in [0, 0.1) is 11.8 Å². The smallest absolute Gasteiger partial charge is 0.132 e. The minimum Gasteiger partial charge on any atom is -0.396 e. The summed E-state index contributed by atoms with van der Waals surface area (Å²) in [6, 6.07) is 0. The fourth-order valence-electron chi connectivity index (χ4n) is 1.48. The molecule has 0 bridgehead atoms. The van der Waals surface area contributed by atoms with E-state index in [1.54, 1.807) is 6.92 Å². The highest BCUT2D eigenvalue weighted by molar-refractivity contribution is 5.78. The quantitative estimate of drug-likeness (QED) is 0.663. The molecule has 0 heterocycles. The largest absolute Gasteiger partial charge is 0.396 e. The Labute approximate surface area is 81.3 Å². The first-order chi connectivity index (χ1) is 6.07. The third-order valence-electron chi connectivity index (χ3n) is 2.39. The molecule has 2 nitrogen and oxygen atoms in total. The Balaban J connectivity index is 3.63. The van der Waals surface area contributed by atoms with E-state index in [4.69, 9.17) is 5.11 Å². The summed E-state index contributed by atoms with van der Waals surface area (Å²) in [6.45, 7) is 6.13. The van der Waals surface area contributed by atoms with Crippen LogP contribution >= 0.6 is 0 Å². The van der Waals surface area contributed by atoms with E-state index in [9.17, 15) is 4.79 Å². The van der Waals surface area contributed by atoms with Crippen molar-refractivity contribution in [2.75, 3.05) is 6.61 Å². The summed E-state index contributed by atoms with van der Waals surface area (Å²) in [5.41, 5.74) is 0. The molecular weight excluding hydrogens is 164 g/mol. The number of hydrogen-bond acceptors (Lipinski definition) is 2. The van der Waals surface area contributed by atoms with Crippen LogP contribution in [0.4, 0.5) is 0 Å². The van der Waals surface area contributed by atoms with Gasteiger partial charge >= 0.3 is 0 Å². The zero-order valence-electron chi connectivity index (χ0n) is 9.05. The van der Waals surface area contributed by atoms with Crippen molar-refractivity contribution in [3.8, 4) is 0 Å². The van der Waals surface area contributed by atoms with Gasteiger partial charge in [0.15, 0.2) is 0 Å². The average molecular weight is 186 g/mol. The van der Waals surface area contributed by atoms with E-state index in [0.717, 1.165) is 12.8 Å². The van der Waals surface area contributed by atoms with Crippen molar-refractivity contribution in [1.82, 2.24) is 0 Å². The maximum absolute atomic E-state index is 11.1. The van der Waals surface area contributed by atoms with Gasteiger partial charge in [0, 0.05) is 12.5 Å². The van der Waals surface area contributed by atoms with E-state index < -0.39 is 0 Å². The van der Waals surface area contributed by atoms with Gasteiger partial charge in [-0.05, 0) is 25.7 Å². The van der Waals surface area contributed by atoms with Gasteiger partial charge in [-0.15, -0.1) is 0 Å². The van der Waals surface area contributed by atoms with E-state index >= 15 is 0 Å². The fraction of sp³-hybridized carbons (Fsp3) is 0.909. The molecular formula is C11H22O2. The van der Waals surface area contributed by atoms with Crippen LogP contribution in [0.1, 0.15) is 46.5 Å². The Morgan fingerprint density at radius 3 is 2.23 bits per heavy atom. The maximum Gasteiger partial charge on any atom is 0.132 e. The first-order valence-corrected chi connectivity index (χ1v) is 5.19. The lowest BCUT2D eigenvalue weighted by molar-refractivity contribution is -0.121. The molecule has 0 aromatic carbocycles. The van der Waals surface area contributed by atoms with Crippen molar-refractivity contribution in [1.29, 1.82) is 0 Å². The summed E-state index contributed by atoms with van der Waals surface area (Å²) in [4.78, 5) is 11.1. The molecule has 0 spiro atoms. The summed E-state index contributed by atoms with van der Waals surface area (Å²) in [5, 5.41) is 8.74. The molecule has 0 radical (unpaired) electrons. The molecule has 0 amide bonds. The van der Waals surface area contributed by atoms with E-state index in [-0.39, 0.29) is 18.3 Å². The van der Waals surface area contributed by atoms with Gasteiger partial charge in [0.25, 0.3) is 0 Å². The van der Waals surface area contributed by atoms with Crippen LogP contribution in [0.15, 0.2) is 0 Å². The van der Waals surface area contributed by atoms with Crippen LogP contribution in [0.3, 0.4) is 0 Å². The minimum absolute atomic E-state index is 0.0868. The third kappa shape index (κ3) is 6.76. The van der Waals surface area contributed by atoms with E-state index in [1.165, 1.54) is 6.42 Å². The molecule has 0 saturated carbocycles. The Kier molecular flexibility index (Phi) is 6.87. The van der Waals surface area contributed by atoms with Gasteiger partial charge in [0.2, 0.25) is 0 Å². The summed E-state index contributed by atoms with van der Waals surface area (Å²) < 4.78 is 0. The van der Waals surface area contributed by atoms with Crippen LogP contribution < -0.4 is 0 Å². The topological polar surface area (TPSA) is 37.3 Å². The van der Waals surface area contributed by atoms with Gasteiger partial charge in [-0.2, -0.15) is 0 Å². The molecule has 0 aliphatic carbocycles. The summed E-state index contributed by atoms with van der Waals surface area (Å²) in [5.74, 6) is 1.02. The molecule has 0 saturated heterocycles. The standard InChI is InChI=1S/C11H22O2/c1-9(2)5-4-6-11(7-8-12)10(3)13/h9,11-12H,4-8H2,1-3H3. The number of carbonyl (C=O) groups excluding carboxylic acids is 1. The van der Waals surface area contributed by atoms with Gasteiger partial charge in [-0.3, -0.25) is 4.79 Å². The van der Waals surface area contributed by atoms with Crippen molar-refractivity contribution in [3.05, 3.63) is 0 Å². The molecule has 0 aromatic heterocycles. The van der Waals surface area contributed by atoms with Crippen molar-refractivity contribution >= 4 is 5.78 Å². The first kappa shape index (κ1) is 12.6. The Bertz CT molecular complexity index is 141. The second-order valence-electron chi connectivity index (χ2n) is 4.14. The predicted molar refractivity (Wildman–Crippen MR) is 54.6 cm³/mol. The zero-order chi connectivity index (χ0) is 10.3. The number of hydrogen-bond donors (Lipinski definition) is 1. The number of aliphatic hydroxyl groups is 1. The Morgan fingerprint density at radius 2 is 1.85 bits per heavy atom. The zero-order valence-corrected chi connectivity index (χ0v) is 9.05. The molecule has 1 unspecified atom stereocenters. The molecule has 78 valence electrons. The molecule has 0 rings (SSSR count). The SMILES string of the molecule is CC(=O)C(CCO)CCCC(C)C. The van der Waals surface area contributed by atoms with Gasteiger partial charge in [-0.25, -0.2) is 0 Å². The van der Waals surface area contributed by atoms with Crippen LogP contribution in [0.5, 0.6) is 0 Å². The number of Topliss-reactive ketones (excluding diaryl/α,β-unsaturated/α-hetero) is 1. The monoisotopic (exact) mass is 186 g/mol. The van der Waals surface area contributed by atoms with Crippen LogP contribution in [-0.2, 0) is 4.79 Å². The first-order valence-electron chi connectivity index (χ1n) is 5.19. The molecule has 0 aliphatic rings. The van der Waals surface area contributed by atoms with E-state index in [2.05, 4.69) is 13.8 Å². The highest BCUT2D eigenvalue weighted by Crippen LogP contribution is 2.16. The summed E-state index contributed by atoms with van der Waals surface area (Å²) >= 11 is 0. The Hall–Kier alpha value is -0.370. The summed E-state index contributed by atoms with van der Waals surface area (Å²) in [6.07, 6.45) is 3.85. The second kappa shape index (κ2) is 7.07. The predicted octanol–water partition coefficient (Wildman–Crippen LogP) is 2.40. The molecule has 0 fully saturated rings. The lowest BCUT2D eigenvalue weighted by Gasteiger charge is -2.12. The van der Waals surface area contributed by atoms with Crippen molar-refractivity contribution in [2.24, 2.45) is 11.8 Å². The molecule has 0 aromatic rings. The molecule has 13 heavy (non-hydrogen) atoms. The third-order valence-corrected chi connectivity index (χ3v) is 2.39. The molecule has 1 N–H and O–H groups in total. The number of rotatable bonds is 7. The second-order valence-corrected chi connectivity index (χ2v) is 4.14. The summed E-state index contributed by atoms with van der Waals surface area (Å²) in [7, 11) is 0. The lowest BCUT2D eigenvalue weighted by Crippen LogP contribution is -2.12. The van der Waals surface area contributed by atoms with E-state index in [0.29, 0.717) is 12.3 Å². The van der Waals surface area contributed by atoms with Crippen molar-refractivity contribution in [3.63, 3.8) is 0 Å². The Morgan fingerprint density at radius 1 is 1.23 bits per heavy atom. The number of ketones is 1. The van der Waals surface area contributed by atoms with Crippen LogP contribution in [0.25, 0.3) is 0 Å². The molecule has 2 heteroatoms. The van der Waals surface area contributed by atoms with Gasteiger partial charge in [0.1, 0.15) is 5.78 Å².